The molecule has 1 N–H and O–H groups in total. The zero-order chi connectivity index (χ0) is 26.9. The number of benzene rings is 2. The third-order valence-corrected chi connectivity index (χ3v) is 5.81. The van der Waals surface area contributed by atoms with E-state index in [0.29, 0.717) is 39.9 Å². The first kappa shape index (κ1) is 25.6. The molecule has 1 aromatic heterocycles. The third-order valence-electron chi connectivity index (χ3n) is 5.81. The lowest BCUT2D eigenvalue weighted by molar-refractivity contribution is -0.132. The molecule has 1 fully saturated rings. The maximum absolute atomic E-state index is 13.4. The van der Waals surface area contributed by atoms with Crippen molar-refractivity contribution in [2.45, 2.75) is 32.9 Å². The zero-order valence-electron chi connectivity index (χ0n) is 21.4. The van der Waals surface area contributed by atoms with Gasteiger partial charge in [0.25, 0.3) is 5.78 Å². The molecule has 0 saturated carbocycles. The SMILES string of the molecule is COc1cc(C2/C(=C(\O)c3ccc(OC(C)C)cc3)C(=O)C(=O)N2c2cc(C)on2)cc(OC)c1OC. The molecular weight excluding hydrogens is 480 g/mol. The minimum absolute atomic E-state index is 0.0317. The van der Waals surface area contributed by atoms with Crippen LogP contribution in [0.3, 0.4) is 0 Å². The number of methoxy groups -OCH3 is 3. The predicted octanol–water partition coefficient (Wildman–Crippen LogP) is 4.42. The van der Waals surface area contributed by atoms with Gasteiger partial charge in [0.2, 0.25) is 5.75 Å². The summed E-state index contributed by atoms with van der Waals surface area (Å²) < 4.78 is 27.2. The number of ether oxygens (including phenoxy) is 4. The van der Waals surface area contributed by atoms with Crippen molar-refractivity contribution in [3.05, 3.63) is 64.9 Å². The first-order valence-corrected chi connectivity index (χ1v) is 11.5. The van der Waals surface area contributed by atoms with Gasteiger partial charge in [-0.25, -0.2) is 0 Å². The van der Waals surface area contributed by atoms with Crippen LogP contribution < -0.4 is 23.8 Å². The van der Waals surface area contributed by atoms with Gasteiger partial charge in [0, 0.05) is 11.6 Å². The van der Waals surface area contributed by atoms with Crippen molar-refractivity contribution < 1.29 is 38.2 Å². The van der Waals surface area contributed by atoms with Crippen LogP contribution >= 0.6 is 0 Å². The predicted molar refractivity (Wildman–Crippen MR) is 134 cm³/mol. The Bertz CT molecular complexity index is 1330. The fraction of sp³-hybridized carbons (Fsp3) is 0.296. The zero-order valence-corrected chi connectivity index (χ0v) is 21.4. The number of ketones is 1. The summed E-state index contributed by atoms with van der Waals surface area (Å²) in [6.45, 7) is 5.47. The lowest BCUT2D eigenvalue weighted by Gasteiger charge is -2.24. The van der Waals surface area contributed by atoms with E-state index in [9.17, 15) is 14.7 Å². The monoisotopic (exact) mass is 508 g/mol. The van der Waals surface area contributed by atoms with E-state index < -0.39 is 17.7 Å². The highest BCUT2D eigenvalue weighted by atomic mass is 16.5. The van der Waals surface area contributed by atoms with Crippen LogP contribution in [0.25, 0.3) is 5.76 Å². The van der Waals surface area contributed by atoms with E-state index in [1.54, 1.807) is 43.3 Å². The number of aliphatic hydroxyl groups is 1. The number of aliphatic hydroxyl groups excluding tert-OH is 1. The first-order chi connectivity index (χ1) is 17.7. The number of nitrogens with zero attached hydrogens (tertiary/aromatic N) is 2. The molecule has 1 aliphatic rings. The molecule has 1 atom stereocenters. The van der Waals surface area contributed by atoms with Crippen molar-refractivity contribution in [2.24, 2.45) is 0 Å². The molecule has 37 heavy (non-hydrogen) atoms. The van der Waals surface area contributed by atoms with Crippen LogP contribution in [0.4, 0.5) is 5.82 Å². The minimum atomic E-state index is -1.07. The van der Waals surface area contributed by atoms with Gasteiger partial charge in [-0.3, -0.25) is 14.5 Å². The number of carbonyl (C=O) groups excluding carboxylic acids is 2. The van der Waals surface area contributed by atoms with E-state index in [1.165, 1.54) is 32.3 Å². The van der Waals surface area contributed by atoms with E-state index in [1.807, 2.05) is 13.8 Å². The van der Waals surface area contributed by atoms with Gasteiger partial charge in [-0.15, -0.1) is 0 Å². The Morgan fingerprint density at radius 2 is 1.62 bits per heavy atom. The number of amides is 1. The second-order valence-electron chi connectivity index (χ2n) is 8.61. The molecule has 0 aliphatic carbocycles. The summed E-state index contributed by atoms with van der Waals surface area (Å²) in [4.78, 5) is 27.8. The summed E-state index contributed by atoms with van der Waals surface area (Å²) >= 11 is 0. The molecule has 2 heterocycles. The second kappa shape index (κ2) is 10.3. The van der Waals surface area contributed by atoms with Gasteiger partial charge >= 0.3 is 5.91 Å². The van der Waals surface area contributed by atoms with Gasteiger partial charge in [0.15, 0.2) is 17.3 Å². The van der Waals surface area contributed by atoms with Gasteiger partial charge in [-0.05, 0) is 62.7 Å². The van der Waals surface area contributed by atoms with Crippen LogP contribution in [-0.2, 0) is 9.59 Å². The van der Waals surface area contributed by atoms with E-state index in [2.05, 4.69) is 5.16 Å². The lowest BCUT2D eigenvalue weighted by atomic mass is 9.94. The quantitative estimate of drug-likeness (QED) is 0.268. The Kier molecular flexibility index (Phi) is 7.10. The fourth-order valence-corrected chi connectivity index (χ4v) is 4.23. The number of anilines is 1. The Morgan fingerprint density at radius 1 is 1.00 bits per heavy atom. The summed E-state index contributed by atoms with van der Waals surface area (Å²) in [7, 11) is 4.39. The Labute approximate surface area is 214 Å². The summed E-state index contributed by atoms with van der Waals surface area (Å²) in [5, 5.41) is 15.3. The number of carbonyl (C=O) groups is 2. The maximum atomic E-state index is 13.4. The molecular formula is C27H28N2O8. The molecule has 0 radical (unpaired) electrons. The van der Waals surface area contributed by atoms with Gasteiger partial charge < -0.3 is 28.6 Å². The van der Waals surface area contributed by atoms with Gasteiger partial charge in [-0.2, -0.15) is 0 Å². The van der Waals surface area contributed by atoms with E-state index in [4.69, 9.17) is 23.5 Å². The number of hydrogen-bond donors (Lipinski definition) is 1. The van der Waals surface area contributed by atoms with Crippen molar-refractivity contribution in [1.82, 2.24) is 5.16 Å². The first-order valence-electron chi connectivity index (χ1n) is 11.5. The van der Waals surface area contributed by atoms with Crippen molar-refractivity contribution in [3.63, 3.8) is 0 Å². The fourth-order valence-electron chi connectivity index (χ4n) is 4.23. The van der Waals surface area contributed by atoms with Crippen LogP contribution in [0.5, 0.6) is 23.0 Å². The molecule has 0 bridgehead atoms. The molecule has 0 spiro atoms. The lowest BCUT2D eigenvalue weighted by Crippen LogP contribution is -2.29. The molecule has 10 heteroatoms. The van der Waals surface area contributed by atoms with E-state index >= 15 is 0 Å². The number of rotatable bonds is 8. The van der Waals surface area contributed by atoms with Gasteiger partial charge in [0.1, 0.15) is 17.3 Å². The van der Waals surface area contributed by atoms with Crippen LogP contribution in [-0.4, -0.2) is 49.4 Å². The van der Waals surface area contributed by atoms with Crippen molar-refractivity contribution in [3.8, 4) is 23.0 Å². The Hall–Kier alpha value is -4.47. The molecule has 4 rings (SSSR count). The van der Waals surface area contributed by atoms with Gasteiger partial charge in [-0.1, -0.05) is 5.16 Å². The van der Waals surface area contributed by atoms with Crippen LogP contribution in [0.2, 0.25) is 0 Å². The highest BCUT2D eigenvalue weighted by Crippen LogP contribution is 2.47. The summed E-state index contributed by atoms with van der Waals surface area (Å²) in [5.41, 5.74) is 0.635. The van der Waals surface area contributed by atoms with Crippen molar-refractivity contribution in [2.75, 3.05) is 26.2 Å². The standard InChI is InChI=1S/C27H28N2O8/c1-14(2)36-18-9-7-16(8-10-18)24(30)22-23(17-12-19(33-4)26(35-6)20(13-17)34-5)29(27(32)25(22)31)21-11-15(3)37-28-21/h7-14,23,30H,1-6H3/b24-22+. The smallest absolute Gasteiger partial charge is 0.301 e. The molecule has 194 valence electrons. The molecule has 1 saturated heterocycles. The van der Waals surface area contributed by atoms with Gasteiger partial charge in [0.05, 0.1) is 39.0 Å². The van der Waals surface area contributed by atoms with Crippen molar-refractivity contribution in [1.29, 1.82) is 0 Å². The summed E-state index contributed by atoms with van der Waals surface area (Å²) in [6, 6.07) is 10.3. The molecule has 2 aromatic carbocycles. The molecule has 10 nitrogen and oxygen atoms in total. The number of hydrogen-bond acceptors (Lipinski definition) is 9. The van der Waals surface area contributed by atoms with Crippen molar-refractivity contribution >= 4 is 23.3 Å². The highest BCUT2D eigenvalue weighted by molar-refractivity contribution is 6.51. The average molecular weight is 509 g/mol. The molecule has 1 aliphatic heterocycles. The normalized spacial score (nSPS) is 16.8. The topological polar surface area (TPSA) is 121 Å². The van der Waals surface area contributed by atoms with Crippen LogP contribution in [0, 0.1) is 6.92 Å². The third kappa shape index (κ3) is 4.69. The maximum Gasteiger partial charge on any atom is 0.301 e. The van der Waals surface area contributed by atoms with E-state index in [0.717, 1.165) is 0 Å². The highest BCUT2D eigenvalue weighted by Gasteiger charge is 2.48. The average Bonchev–Trinajstić information content (AvgIpc) is 3.42. The Balaban J connectivity index is 1.94. The van der Waals surface area contributed by atoms with Crippen LogP contribution in [0.1, 0.15) is 36.8 Å². The number of Topliss-reactive ketones (excluding diaryl/α,β-unsaturated/α-hetero) is 1. The largest absolute Gasteiger partial charge is 0.507 e. The van der Waals surface area contributed by atoms with Crippen LogP contribution in [0.15, 0.2) is 52.6 Å². The molecule has 1 amide bonds. The number of aryl methyl sites for hydroxylation is 1. The summed E-state index contributed by atoms with van der Waals surface area (Å²) in [5.74, 6) is 0.0425. The summed E-state index contributed by atoms with van der Waals surface area (Å²) in [6.07, 6.45) is -0.0317. The van der Waals surface area contributed by atoms with E-state index in [-0.39, 0.29) is 23.3 Å². The number of aromatic nitrogens is 1. The molecule has 1 unspecified atom stereocenters. The Morgan fingerprint density at radius 3 is 2.11 bits per heavy atom. The minimum Gasteiger partial charge on any atom is -0.507 e. The molecule has 3 aromatic rings. The second-order valence-corrected chi connectivity index (χ2v) is 8.61.